The van der Waals surface area contributed by atoms with Gasteiger partial charge in [-0.05, 0) is 36.5 Å². The number of rotatable bonds is 7. The second kappa shape index (κ2) is 9.03. The van der Waals surface area contributed by atoms with E-state index in [9.17, 15) is 9.90 Å². The van der Waals surface area contributed by atoms with Gasteiger partial charge in [0.2, 0.25) is 0 Å². The van der Waals surface area contributed by atoms with Gasteiger partial charge in [0.05, 0.1) is 28.8 Å². The largest absolute Gasteiger partial charge is 0.511 e. The van der Waals surface area contributed by atoms with Crippen molar-refractivity contribution < 1.29 is 14.6 Å². The number of halogens is 2. The van der Waals surface area contributed by atoms with Crippen molar-refractivity contribution in [2.24, 2.45) is 16.3 Å². The number of aliphatic hydroxyl groups is 1. The van der Waals surface area contributed by atoms with Gasteiger partial charge in [-0.3, -0.25) is 9.79 Å². The minimum Gasteiger partial charge on any atom is -0.511 e. The Labute approximate surface area is 164 Å². The highest BCUT2D eigenvalue weighted by Gasteiger charge is 2.41. The molecule has 0 amide bonds. The lowest BCUT2D eigenvalue weighted by molar-refractivity contribution is -0.119. The molecule has 2 rings (SSSR count). The third kappa shape index (κ3) is 5.09. The lowest BCUT2D eigenvalue weighted by Crippen LogP contribution is -2.36. The molecule has 1 N–H and O–H groups in total. The standard InChI is InChI=1S/C20H25Cl2NO3/c1-4-26-8-7-23-12-14-18(24)11-20(2,3)15(19(14)25)9-13-5-6-16(21)17(22)10-13/h5-6,10,12,15,25H,4,7-9,11H2,1-3H3. The molecule has 0 spiro atoms. The number of hydrogen-bond acceptors (Lipinski definition) is 4. The van der Waals surface area contributed by atoms with Crippen LogP contribution in [0.1, 0.15) is 32.8 Å². The van der Waals surface area contributed by atoms with Gasteiger partial charge in [-0.15, -0.1) is 0 Å². The molecule has 6 heteroatoms. The van der Waals surface area contributed by atoms with Crippen LogP contribution in [0.15, 0.2) is 34.5 Å². The average Bonchev–Trinajstić information content (AvgIpc) is 2.56. The van der Waals surface area contributed by atoms with E-state index < -0.39 is 0 Å². The van der Waals surface area contributed by atoms with E-state index in [1.54, 1.807) is 12.1 Å². The molecule has 1 aliphatic rings. The van der Waals surface area contributed by atoms with Crippen LogP contribution in [-0.2, 0) is 16.0 Å². The Morgan fingerprint density at radius 3 is 2.73 bits per heavy atom. The third-order valence-corrected chi connectivity index (χ3v) is 5.42. The number of Topliss-reactive ketones (excluding diaryl/α,β-unsaturated/α-hetero) is 1. The minimum atomic E-state index is -0.365. The van der Waals surface area contributed by atoms with E-state index in [0.29, 0.717) is 48.2 Å². The summed E-state index contributed by atoms with van der Waals surface area (Å²) in [5.41, 5.74) is 0.896. The summed E-state index contributed by atoms with van der Waals surface area (Å²) < 4.78 is 5.23. The molecule has 142 valence electrons. The summed E-state index contributed by atoms with van der Waals surface area (Å²) in [4.78, 5) is 16.7. The van der Waals surface area contributed by atoms with Crippen LogP contribution in [0.4, 0.5) is 0 Å². The quantitative estimate of drug-likeness (QED) is 0.515. The number of nitrogens with zero attached hydrogens (tertiary/aromatic N) is 1. The van der Waals surface area contributed by atoms with Crippen molar-refractivity contribution in [3.8, 4) is 0 Å². The number of carbonyl (C=O) groups is 1. The van der Waals surface area contributed by atoms with Crippen LogP contribution in [0.25, 0.3) is 0 Å². The Kier molecular flexibility index (Phi) is 7.27. The summed E-state index contributed by atoms with van der Waals surface area (Å²) in [6, 6.07) is 5.44. The Morgan fingerprint density at radius 2 is 2.08 bits per heavy atom. The van der Waals surface area contributed by atoms with Crippen molar-refractivity contribution in [1.29, 1.82) is 0 Å². The van der Waals surface area contributed by atoms with Crippen LogP contribution in [0.5, 0.6) is 0 Å². The number of aliphatic hydroxyl groups excluding tert-OH is 1. The summed E-state index contributed by atoms with van der Waals surface area (Å²) in [7, 11) is 0. The van der Waals surface area contributed by atoms with Gasteiger partial charge in [0.1, 0.15) is 5.76 Å². The second-order valence-corrected chi connectivity index (χ2v) is 7.94. The van der Waals surface area contributed by atoms with Crippen LogP contribution in [0.3, 0.4) is 0 Å². The van der Waals surface area contributed by atoms with Gasteiger partial charge in [0, 0.05) is 25.2 Å². The number of allylic oxidation sites excluding steroid dienone is 2. The van der Waals surface area contributed by atoms with Crippen LogP contribution in [0.2, 0.25) is 10.0 Å². The lowest BCUT2D eigenvalue weighted by atomic mass is 9.66. The van der Waals surface area contributed by atoms with Gasteiger partial charge in [-0.25, -0.2) is 0 Å². The Morgan fingerprint density at radius 1 is 1.35 bits per heavy atom. The molecule has 1 aromatic carbocycles. The molecule has 0 aliphatic heterocycles. The normalized spacial score (nSPS) is 20.2. The number of ether oxygens (including phenoxy) is 1. The van der Waals surface area contributed by atoms with Crippen molar-refractivity contribution >= 4 is 35.2 Å². The summed E-state index contributed by atoms with van der Waals surface area (Å²) >= 11 is 12.1. The minimum absolute atomic E-state index is 0.0851. The van der Waals surface area contributed by atoms with Gasteiger partial charge in [-0.2, -0.15) is 0 Å². The van der Waals surface area contributed by atoms with Crippen molar-refractivity contribution in [3.63, 3.8) is 0 Å². The predicted octanol–water partition coefficient (Wildman–Crippen LogP) is 5.07. The number of carbonyl (C=O) groups excluding carboxylic acids is 1. The molecule has 1 aliphatic carbocycles. The Bertz CT molecular complexity index is 726. The molecule has 0 bridgehead atoms. The first-order valence-corrected chi connectivity index (χ1v) is 9.49. The van der Waals surface area contributed by atoms with E-state index in [4.69, 9.17) is 27.9 Å². The first kappa shape index (κ1) is 20.9. The van der Waals surface area contributed by atoms with Crippen LogP contribution in [-0.4, -0.2) is 36.9 Å². The van der Waals surface area contributed by atoms with Gasteiger partial charge < -0.3 is 9.84 Å². The Hall–Kier alpha value is -1.36. The van der Waals surface area contributed by atoms with E-state index in [0.717, 1.165) is 5.56 Å². The lowest BCUT2D eigenvalue weighted by Gasteiger charge is -2.38. The number of ketones is 1. The zero-order chi connectivity index (χ0) is 19.3. The molecule has 0 radical (unpaired) electrons. The van der Waals surface area contributed by atoms with Crippen molar-refractivity contribution in [2.75, 3.05) is 19.8 Å². The first-order chi connectivity index (χ1) is 12.3. The van der Waals surface area contributed by atoms with E-state index in [1.807, 2.05) is 26.8 Å². The molecular weight excluding hydrogens is 373 g/mol. The third-order valence-electron chi connectivity index (χ3n) is 4.68. The van der Waals surface area contributed by atoms with Gasteiger partial charge in [0.25, 0.3) is 0 Å². The molecule has 0 saturated carbocycles. The van der Waals surface area contributed by atoms with Crippen molar-refractivity contribution in [2.45, 2.75) is 33.6 Å². The van der Waals surface area contributed by atoms with E-state index in [2.05, 4.69) is 4.99 Å². The zero-order valence-corrected chi connectivity index (χ0v) is 16.9. The van der Waals surface area contributed by atoms with Crippen molar-refractivity contribution in [3.05, 3.63) is 45.1 Å². The number of hydrogen-bond donors (Lipinski definition) is 1. The van der Waals surface area contributed by atoms with Crippen molar-refractivity contribution in [1.82, 2.24) is 0 Å². The predicted molar refractivity (Wildman–Crippen MR) is 107 cm³/mol. The molecule has 1 unspecified atom stereocenters. The number of aliphatic imine (C=N–C) groups is 1. The van der Waals surface area contributed by atoms with Crippen LogP contribution >= 0.6 is 23.2 Å². The molecule has 0 fully saturated rings. The number of benzene rings is 1. The second-order valence-electron chi connectivity index (χ2n) is 7.12. The average molecular weight is 398 g/mol. The molecule has 0 heterocycles. The molecule has 0 saturated heterocycles. The Balaban J connectivity index is 2.26. The first-order valence-electron chi connectivity index (χ1n) is 8.74. The summed E-state index contributed by atoms with van der Waals surface area (Å²) in [5.74, 6) is -0.193. The molecule has 4 nitrogen and oxygen atoms in total. The smallest absolute Gasteiger partial charge is 0.168 e. The maximum Gasteiger partial charge on any atom is 0.168 e. The van der Waals surface area contributed by atoms with Crippen LogP contribution in [0, 0.1) is 11.3 Å². The monoisotopic (exact) mass is 397 g/mol. The molecule has 1 aromatic rings. The van der Waals surface area contributed by atoms with Crippen LogP contribution < -0.4 is 0 Å². The maximum atomic E-state index is 12.5. The fraction of sp³-hybridized carbons (Fsp3) is 0.500. The van der Waals surface area contributed by atoms with Gasteiger partial charge in [0.15, 0.2) is 5.78 Å². The highest BCUT2D eigenvalue weighted by Crippen LogP contribution is 2.43. The topological polar surface area (TPSA) is 58.9 Å². The highest BCUT2D eigenvalue weighted by atomic mass is 35.5. The van der Waals surface area contributed by atoms with E-state index in [1.165, 1.54) is 6.21 Å². The summed E-state index contributed by atoms with van der Waals surface area (Å²) in [6.07, 6.45) is 2.41. The summed E-state index contributed by atoms with van der Waals surface area (Å²) in [6.45, 7) is 7.48. The fourth-order valence-electron chi connectivity index (χ4n) is 3.16. The molecular formula is C20H25Cl2NO3. The summed E-state index contributed by atoms with van der Waals surface area (Å²) in [5, 5.41) is 11.8. The van der Waals surface area contributed by atoms with E-state index in [-0.39, 0.29) is 22.9 Å². The zero-order valence-electron chi connectivity index (χ0n) is 15.4. The fourth-order valence-corrected chi connectivity index (χ4v) is 3.48. The van der Waals surface area contributed by atoms with Gasteiger partial charge in [-0.1, -0.05) is 43.1 Å². The highest BCUT2D eigenvalue weighted by molar-refractivity contribution is 6.42. The maximum absolute atomic E-state index is 12.5. The van der Waals surface area contributed by atoms with E-state index >= 15 is 0 Å². The molecule has 1 atom stereocenters. The SMILES string of the molecule is CCOCCN=CC1=C(O)C(Cc2ccc(Cl)c(Cl)c2)C(C)(C)CC1=O. The molecule has 0 aromatic heterocycles. The van der Waals surface area contributed by atoms with Gasteiger partial charge >= 0.3 is 0 Å². The molecule has 26 heavy (non-hydrogen) atoms.